The summed E-state index contributed by atoms with van der Waals surface area (Å²) in [7, 11) is 4.64. The Labute approximate surface area is 176 Å². The van der Waals surface area contributed by atoms with E-state index in [0.29, 0.717) is 59.2 Å². The Morgan fingerprint density at radius 3 is 2.20 bits per heavy atom. The van der Waals surface area contributed by atoms with Crippen molar-refractivity contribution in [1.82, 2.24) is 0 Å². The van der Waals surface area contributed by atoms with Crippen LogP contribution in [0.25, 0.3) is 11.3 Å². The number of hydrogen-bond acceptors (Lipinski definition) is 6. The highest BCUT2D eigenvalue weighted by Gasteiger charge is 2.47. The molecule has 0 atom stereocenters. The molecule has 30 heavy (non-hydrogen) atoms. The Kier molecular flexibility index (Phi) is 6.06. The van der Waals surface area contributed by atoms with Crippen LogP contribution in [0.5, 0.6) is 11.5 Å². The first-order chi connectivity index (χ1) is 14.4. The lowest BCUT2D eigenvalue weighted by Gasteiger charge is -2.37. The SMILES string of the molecule is CCC1=C(OC)C(CC)(CC)c2oc(-c3cccc(OC)c3OC)cc(=O)c2C1=O. The molecule has 2 aromatic rings. The lowest BCUT2D eigenvalue weighted by atomic mass is 9.69. The first kappa shape index (κ1) is 21.7. The second-order valence-corrected chi connectivity index (χ2v) is 7.20. The van der Waals surface area contributed by atoms with Crippen LogP contribution in [0.15, 0.2) is 44.8 Å². The van der Waals surface area contributed by atoms with Crippen molar-refractivity contribution in [1.29, 1.82) is 0 Å². The third-order valence-electron chi connectivity index (χ3n) is 6.03. The fourth-order valence-corrected chi connectivity index (χ4v) is 4.44. The monoisotopic (exact) mass is 412 g/mol. The molecule has 0 saturated heterocycles. The fourth-order valence-electron chi connectivity index (χ4n) is 4.44. The summed E-state index contributed by atoms with van der Waals surface area (Å²) in [6.45, 7) is 5.91. The van der Waals surface area contributed by atoms with E-state index in [1.165, 1.54) is 13.2 Å². The number of carbonyl (C=O) groups is 1. The van der Waals surface area contributed by atoms with Gasteiger partial charge in [-0.25, -0.2) is 0 Å². The second kappa shape index (κ2) is 8.38. The van der Waals surface area contributed by atoms with Gasteiger partial charge in [-0.3, -0.25) is 9.59 Å². The van der Waals surface area contributed by atoms with Gasteiger partial charge in [0.2, 0.25) is 0 Å². The molecule has 1 heterocycles. The molecule has 1 aromatic heterocycles. The fraction of sp³-hybridized carbons (Fsp3) is 0.417. The summed E-state index contributed by atoms with van der Waals surface area (Å²) in [6.07, 6.45) is 1.73. The van der Waals surface area contributed by atoms with Crippen LogP contribution in [0, 0.1) is 0 Å². The van der Waals surface area contributed by atoms with E-state index < -0.39 is 5.41 Å². The highest BCUT2D eigenvalue weighted by molar-refractivity contribution is 6.11. The highest BCUT2D eigenvalue weighted by Crippen LogP contribution is 2.48. The molecule has 0 saturated carbocycles. The van der Waals surface area contributed by atoms with Crippen LogP contribution < -0.4 is 14.9 Å². The molecule has 160 valence electrons. The van der Waals surface area contributed by atoms with Crippen LogP contribution in [0.1, 0.15) is 56.2 Å². The zero-order valence-electron chi connectivity index (χ0n) is 18.4. The van der Waals surface area contributed by atoms with Gasteiger partial charge in [-0.05, 0) is 31.4 Å². The highest BCUT2D eigenvalue weighted by atomic mass is 16.5. The van der Waals surface area contributed by atoms with Crippen LogP contribution in [0.4, 0.5) is 0 Å². The first-order valence-electron chi connectivity index (χ1n) is 10.2. The molecular formula is C24H28O6. The van der Waals surface area contributed by atoms with Gasteiger partial charge < -0.3 is 18.6 Å². The summed E-state index contributed by atoms with van der Waals surface area (Å²) in [5, 5.41) is 0. The molecule has 0 aliphatic heterocycles. The van der Waals surface area contributed by atoms with Crippen molar-refractivity contribution >= 4 is 5.78 Å². The zero-order chi connectivity index (χ0) is 22.1. The first-order valence-corrected chi connectivity index (χ1v) is 10.2. The summed E-state index contributed by atoms with van der Waals surface area (Å²) in [5.74, 6) is 1.93. The van der Waals surface area contributed by atoms with Crippen LogP contribution in [0.3, 0.4) is 0 Å². The molecule has 0 spiro atoms. The van der Waals surface area contributed by atoms with Gasteiger partial charge in [-0.1, -0.05) is 26.8 Å². The van der Waals surface area contributed by atoms with Crippen molar-refractivity contribution in [3.63, 3.8) is 0 Å². The van der Waals surface area contributed by atoms with E-state index in [9.17, 15) is 9.59 Å². The van der Waals surface area contributed by atoms with Gasteiger partial charge in [0.1, 0.15) is 22.8 Å². The van der Waals surface area contributed by atoms with Crippen molar-refractivity contribution < 1.29 is 23.4 Å². The molecule has 0 N–H and O–H groups in total. The number of methoxy groups -OCH3 is 3. The molecule has 0 bridgehead atoms. The number of para-hydroxylation sites is 1. The van der Waals surface area contributed by atoms with Crippen molar-refractivity contribution in [2.45, 2.75) is 45.4 Å². The standard InChI is InChI=1S/C24H28O6/c1-7-14-20(26)19-16(25)13-18(15-11-10-12-17(27-4)21(15)28-5)30-23(19)24(8-2,9-3)22(14)29-6/h10-13H,7-9H2,1-6H3. The van der Waals surface area contributed by atoms with Crippen molar-refractivity contribution in [3.05, 3.63) is 57.1 Å². The number of allylic oxidation sites excluding steroid dienone is 2. The number of hydrogen-bond donors (Lipinski definition) is 0. The molecule has 0 amide bonds. The molecule has 3 rings (SSSR count). The molecular weight excluding hydrogens is 384 g/mol. The van der Waals surface area contributed by atoms with Gasteiger partial charge in [-0.2, -0.15) is 0 Å². The maximum atomic E-state index is 13.2. The van der Waals surface area contributed by atoms with E-state index in [4.69, 9.17) is 18.6 Å². The third-order valence-corrected chi connectivity index (χ3v) is 6.03. The number of Topliss-reactive ketones (excluding diaryl/α,β-unsaturated/α-hetero) is 1. The number of carbonyl (C=O) groups excluding carboxylic acids is 1. The van der Waals surface area contributed by atoms with Crippen LogP contribution in [0.2, 0.25) is 0 Å². The van der Waals surface area contributed by atoms with Crippen LogP contribution in [-0.4, -0.2) is 27.1 Å². The molecule has 6 heteroatoms. The summed E-state index contributed by atoms with van der Waals surface area (Å²) in [4.78, 5) is 26.4. The van der Waals surface area contributed by atoms with E-state index in [-0.39, 0.29) is 16.8 Å². The van der Waals surface area contributed by atoms with Gasteiger partial charge in [0.05, 0.1) is 32.3 Å². The van der Waals surface area contributed by atoms with Gasteiger partial charge in [0.15, 0.2) is 22.7 Å². The van der Waals surface area contributed by atoms with E-state index in [1.54, 1.807) is 32.4 Å². The number of ether oxygens (including phenoxy) is 3. The average molecular weight is 412 g/mol. The molecule has 0 unspecified atom stereocenters. The minimum Gasteiger partial charge on any atom is -0.500 e. The van der Waals surface area contributed by atoms with Gasteiger partial charge in [-0.15, -0.1) is 0 Å². The zero-order valence-corrected chi connectivity index (χ0v) is 18.4. The lowest BCUT2D eigenvalue weighted by molar-refractivity contribution is 0.0975. The van der Waals surface area contributed by atoms with Crippen LogP contribution in [-0.2, 0) is 10.2 Å². The molecule has 0 radical (unpaired) electrons. The normalized spacial score (nSPS) is 15.1. The van der Waals surface area contributed by atoms with Crippen LogP contribution >= 0.6 is 0 Å². The quantitative estimate of drug-likeness (QED) is 0.645. The Bertz CT molecular complexity index is 1060. The summed E-state index contributed by atoms with van der Waals surface area (Å²) in [5.41, 5.74) is 0.155. The minimum absolute atomic E-state index is 0.0990. The van der Waals surface area contributed by atoms with E-state index in [1.807, 2.05) is 20.8 Å². The topological polar surface area (TPSA) is 75.0 Å². The van der Waals surface area contributed by atoms with Gasteiger partial charge in [0.25, 0.3) is 0 Å². The molecule has 1 aliphatic rings. The second-order valence-electron chi connectivity index (χ2n) is 7.20. The molecule has 6 nitrogen and oxygen atoms in total. The van der Waals surface area contributed by atoms with Crippen molar-refractivity contribution in [2.24, 2.45) is 0 Å². The number of ketones is 1. The number of benzene rings is 1. The largest absolute Gasteiger partial charge is 0.500 e. The Balaban J connectivity index is 2.39. The predicted octanol–water partition coefficient (Wildman–Crippen LogP) is 4.89. The van der Waals surface area contributed by atoms with Gasteiger partial charge in [0, 0.05) is 11.6 Å². The molecule has 1 aliphatic carbocycles. The van der Waals surface area contributed by atoms with Crippen molar-refractivity contribution in [2.75, 3.05) is 21.3 Å². The Morgan fingerprint density at radius 2 is 1.67 bits per heavy atom. The summed E-state index contributed by atoms with van der Waals surface area (Å²) >= 11 is 0. The van der Waals surface area contributed by atoms with Gasteiger partial charge >= 0.3 is 0 Å². The Morgan fingerprint density at radius 1 is 0.967 bits per heavy atom. The Hall–Kier alpha value is -3.02. The molecule has 0 fully saturated rings. The average Bonchev–Trinajstić information content (AvgIpc) is 2.77. The number of fused-ring (bicyclic) bond motifs is 1. The van der Waals surface area contributed by atoms with E-state index in [2.05, 4.69) is 0 Å². The summed E-state index contributed by atoms with van der Waals surface area (Å²) < 4.78 is 23.0. The maximum Gasteiger partial charge on any atom is 0.199 e. The maximum absolute atomic E-state index is 13.2. The smallest absolute Gasteiger partial charge is 0.199 e. The van der Waals surface area contributed by atoms with E-state index in [0.717, 1.165) is 0 Å². The number of rotatable bonds is 7. The van der Waals surface area contributed by atoms with E-state index >= 15 is 0 Å². The van der Waals surface area contributed by atoms with Crippen molar-refractivity contribution in [3.8, 4) is 22.8 Å². The predicted molar refractivity (Wildman–Crippen MR) is 114 cm³/mol. The molecule has 1 aromatic carbocycles. The minimum atomic E-state index is -0.690. The third kappa shape index (κ3) is 3.02. The lowest BCUT2D eigenvalue weighted by Crippen LogP contribution is -2.39. The summed E-state index contributed by atoms with van der Waals surface area (Å²) in [6, 6.07) is 6.71.